The molecule has 0 aliphatic heterocycles. The number of aliphatic carboxylic acids is 1. The number of rotatable bonds is 5. The van der Waals surface area contributed by atoms with Gasteiger partial charge in [0.1, 0.15) is 0 Å². The number of carbonyl (C=O) groups is 1. The Morgan fingerprint density at radius 1 is 1.06 bits per heavy atom. The zero-order valence-electron chi connectivity index (χ0n) is 11.3. The van der Waals surface area contributed by atoms with E-state index < -0.39 is 5.97 Å². The van der Waals surface area contributed by atoms with E-state index in [1.165, 1.54) is 44.9 Å². The van der Waals surface area contributed by atoms with Crippen LogP contribution >= 0.6 is 0 Å². The number of allylic oxidation sites excluding steroid dienone is 2. The maximum Gasteiger partial charge on any atom is 0.303 e. The molecule has 2 rings (SSSR count). The maximum atomic E-state index is 10.6. The Hall–Kier alpha value is -0.790. The Morgan fingerprint density at radius 3 is 2.39 bits per heavy atom. The van der Waals surface area contributed by atoms with Gasteiger partial charge in [0.2, 0.25) is 0 Å². The Morgan fingerprint density at radius 2 is 1.72 bits per heavy atom. The van der Waals surface area contributed by atoms with Crippen LogP contribution < -0.4 is 0 Å². The molecule has 2 unspecified atom stereocenters. The zero-order chi connectivity index (χ0) is 12.8. The van der Waals surface area contributed by atoms with Crippen LogP contribution in [0.5, 0.6) is 0 Å². The van der Waals surface area contributed by atoms with Gasteiger partial charge in [-0.2, -0.15) is 0 Å². The van der Waals surface area contributed by atoms with E-state index in [9.17, 15) is 4.79 Å². The van der Waals surface area contributed by atoms with Gasteiger partial charge in [-0.1, -0.05) is 44.3 Å². The van der Waals surface area contributed by atoms with E-state index in [-0.39, 0.29) is 0 Å². The van der Waals surface area contributed by atoms with Crippen LogP contribution in [0, 0.1) is 17.8 Å². The van der Waals surface area contributed by atoms with Crippen LogP contribution in [0.25, 0.3) is 0 Å². The fourth-order valence-corrected chi connectivity index (χ4v) is 3.20. The van der Waals surface area contributed by atoms with Crippen molar-refractivity contribution >= 4 is 5.97 Å². The van der Waals surface area contributed by atoms with E-state index in [4.69, 9.17) is 5.11 Å². The van der Waals surface area contributed by atoms with Crippen molar-refractivity contribution in [2.24, 2.45) is 17.8 Å². The molecule has 2 aliphatic rings. The first kappa shape index (κ1) is 13.6. The lowest BCUT2D eigenvalue weighted by molar-refractivity contribution is -0.137. The number of carboxylic acids is 1. The fourth-order valence-electron chi connectivity index (χ4n) is 3.20. The van der Waals surface area contributed by atoms with Crippen molar-refractivity contribution in [2.45, 2.75) is 64.2 Å². The van der Waals surface area contributed by atoms with Gasteiger partial charge in [-0.25, -0.2) is 0 Å². The fraction of sp³-hybridized carbons (Fsp3) is 0.812. The van der Waals surface area contributed by atoms with Crippen molar-refractivity contribution in [3.8, 4) is 0 Å². The molecule has 0 aromatic carbocycles. The highest BCUT2D eigenvalue weighted by molar-refractivity contribution is 5.67. The van der Waals surface area contributed by atoms with Gasteiger partial charge in [0.15, 0.2) is 0 Å². The van der Waals surface area contributed by atoms with Crippen LogP contribution in [-0.2, 0) is 4.79 Å². The highest BCUT2D eigenvalue weighted by atomic mass is 16.4. The van der Waals surface area contributed by atoms with E-state index in [2.05, 4.69) is 12.2 Å². The largest absolute Gasteiger partial charge is 0.481 e. The van der Waals surface area contributed by atoms with Crippen LogP contribution in [0.3, 0.4) is 0 Å². The summed E-state index contributed by atoms with van der Waals surface area (Å²) in [6.45, 7) is 0. The van der Waals surface area contributed by atoms with Crippen LogP contribution in [0.1, 0.15) is 64.2 Å². The van der Waals surface area contributed by atoms with E-state index in [0.29, 0.717) is 18.3 Å². The third kappa shape index (κ3) is 4.83. The predicted octanol–water partition coefficient (Wildman–Crippen LogP) is 4.40. The summed E-state index contributed by atoms with van der Waals surface area (Å²) in [5, 5.41) is 8.71. The number of hydrogen-bond donors (Lipinski definition) is 1. The maximum absolute atomic E-state index is 10.6. The Labute approximate surface area is 110 Å². The van der Waals surface area contributed by atoms with Crippen molar-refractivity contribution < 1.29 is 9.90 Å². The minimum absolute atomic E-state index is 0.377. The molecule has 0 saturated heterocycles. The van der Waals surface area contributed by atoms with Gasteiger partial charge >= 0.3 is 5.97 Å². The summed E-state index contributed by atoms with van der Waals surface area (Å²) in [4.78, 5) is 10.6. The Balaban J connectivity index is 1.63. The topological polar surface area (TPSA) is 37.3 Å². The highest BCUT2D eigenvalue weighted by Gasteiger charge is 2.37. The van der Waals surface area contributed by atoms with Crippen molar-refractivity contribution in [1.29, 1.82) is 0 Å². The van der Waals surface area contributed by atoms with Crippen LogP contribution in [0.2, 0.25) is 0 Å². The Bertz CT molecular complexity index is 287. The second-order valence-corrected chi connectivity index (χ2v) is 6.12. The lowest BCUT2D eigenvalue weighted by Gasteiger charge is -2.15. The van der Waals surface area contributed by atoms with Gasteiger partial charge in [-0.15, -0.1) is 0 Å². The van der Waals surface area contributed by atoms with Crippen molar-refractivity contribution in [2.75, 3.05) is 0 Å². The molecule has 0 bridgehead atoms. The van der Waals surface area contributed by atoms with Crippen molar-refractivity contribution in [3.63, 3.8) is 0 Å². The molecule has 2 nitrogen and oxygen atoms in total. The SMILES string of the molecule is O=C(O)CC1CC1CC=CC1CCCCCCC1. The molecule has 0 spiro atoms. The summed E-state index contributed by atoms with van der Waals surface area (Å²) in [7, 11) is 0. The van der Waals surface area contributed by atoms with Gasteiger partial charge in [0, 0.05) is 6.42 Å². The van der Waals surface area contributed by atoms with E-state index in [0.717, 1.165) is 18.8 Å². The lowest BCUT2D eigenvalue weighted by atomic mass is 9.90. The molecule has 1 N–H and O–H groups in total. The third-order valence-corrected chi connectivity index (χ3v) is 4.50. The zero-order valence-corrected chi connectivity index (χ0v) is 11.3. The van der Waals surface area contributed by atoms with Gasteiger partial charge in [-0.3, -0.25) is 4.79 Å². The minimum Gasteiger partial charge on any atom is -0.481 e. The van der Waals surface area contributed by atoms with Crippen molar-refractivity contribution in [3.05, 3.63) is 12.2 Å². The highest BCUT2D eigenvalue weighted by Crippen LogP contribution is 2.44. The molecule has 2 atom stereocenters. The number of hydrogen-bond acceptors (Lipinski definition) is 1. The third-order valence-electron chi connectivity index (χ3n) is 4.50. The monoisotopic (exact) mass is 250 g/mol. The smallest absolute Gasteiger partial charge is 0.303 e. The summed E-state index contributed by atoms with van der Waals surface area (Å²) in [5.41, 5.74) is 0. The molecule has 18 heavy (non-hydrogen) atoms. The molecule has 0 radical (unpaired) electrons. The standard InChI is InChI=1S/C16H26O2/c17-16(18)12-15-11-14(15)10-6-9-13-7-4-2-1-3-5-8-13/h6,9,13-15H,1-5,7-8,10-12H2,(H,17,18). The summed E-state index contributed by atoms with van der Waals surface area (Å²) >= 11 is 0. The first-order valence-corrected chi connectivity index (χ1v) is 7.64. The molecule has 102 valence electrons. The first-order chi connectivity index (χ1) is 8.75. The van der Waals surface area contributed by atoms with Crippen molar-refractivity contribution in [1.82, 2.24) is 0 Å². The van der Waals surface area contributed by atoms with Gasteiger partial charge < -0.3 is 5.11 Å². The molecule has 0 aromatic heterocycles. The Kier molecular flexibility index (Phi) is 5.27. The minimum atomic E-state index is -0.633. The van der Waals surface area contributed by atoms with E-state index in [1.54, 1.807) is 0 Å². The molecule has 2 saturated carbocycles. The summed E-state index contributed by atoms with van der Waals surface area (Å²) in [5.74, 6) is 1.28. The lowest BCUT2D eigenvalue weighted by Crippen LogP contribution is -2.00. The average Bonchev–Trinajstić information content (AvgIpc) is 2.98. The van der Waals surface area contributed by atoms with Gasteiger partial charge in [0.25, 0.3) is 0 Å². The summed E-state index contributed by atoms with van der Waals surface area (Å²) in [6, 6.07) is 0. The van der Waals surface area contributed by atoms with Crippen LogP contribution in [0.4, 0.5) is 0 Å². The molecule has 0 amide bonds. The average molecular weight is 250 g/mol. The second-order valence-electron chi connectivity index (χ2n) is 6.12. The first-order valence-electron chi connectivity index (χ1n) is 7.64. The van der Waals surface area contributed by atoms with Crippen LogP contribution in [-0.4, -0.2) is 11.1 Å². The quantitative estimate of drug-likeness (QED) is 0.734. The molecule has 2 fully saturated rings. The molecular formula is C16H26O2. The van der Waals surface area contributed by atoms with Gasteiger partial charge in [-0.05, 0) is 43.4 Å². The molecule has 0 heterocycles. The number of carboxylic acid groups (broad SMARTS) is 1. The second kappa shape index (κ2) is 6.96. The predicted molar refractivity (Wildman–Crippen MR) is 73.4 cm³/mol. The van der Waals surface area contributed by atoms with Gasteiger partial charge in [0.05, 0.1) is 0 Å². The molecule has 2 heteroatoms. The molecule has 2 aliphatic carbocycles. The summed E-state index contributed by atoms with van der Waals surface area (Å²) < 4.78 is 0. The van der Waals surface area contributed by atoms with E-state index in [1.807, 2.05) is 0 Å². The molecular weight excluding hydrogens is 224 g/mol. The van der Waals surface area contributed by atoms with E-state index >= 15 is 0 Å². The summed E-state index contributed by atoms with van der Waals surface area (Å²) in [6.07, 6.45) is 17.1. The molecule has 0 aromatic rings. The normalized spacial score (nSPS) is 30.0. The van der Waals surface area contributed by atoms with Crippen LogP contribution in [0.15, 0.2) is 12.2 Å².